The minimum atomic E-state index is -1.28. The summed E-state index contributed by atoms with van der Waals surface area (Å²) in [5.41, 5.74) is 0. The van der Waals surface area contributed by atoms with E-state index in [1.165, 1.54) is 19.1 Å². The van der Waals surface area contributed by atoms with Crippen LogP contribution < -0.4 is 5.11 Å². The molecule has 0 aromatic carbocycles. The fraction of sp³-hybridized carbons (Fsp3) is 0.714. The van der Waals surface area contributed by atoms with Gasteiger partial charge in [0.15, 0.2) is 0 Å². The normalized spacial score (nSPS) is 9.38. The molecule has 0 saturated heterocycles. The predicted octanol–water partition coefficient (Wildman–Crippen LogP) is -1.55. The van der Waals surface area contributed by atoms with E-state index in [1.807, 2.05) is 0 Å². The van der Waals surface area contributed by atoms with Gasteiger partial charge in [-0.05, 0) is 0 Å². The molecule has 0 atom stereocenters. The van der Waals surface area contributed by atoms with Crippen molar-refractivity contribution in [3.05, 3.63) is 0 Å². The lowest BCUT2D eigenvalue weighted by molar-refractivity contribution is -0.309. The van der Waals surface area contributed by atoms with Crippen LogP contribution in [0.2, 0.25) is 0 Å². The molecular formula is C7H12NO5-. The number of likely N-dealkylation sites (N-methyl/N-ethyl adjacent to an activating group) is 1. The van der Waals surface area contributed by atoms with E-state index in [2.05, 4.69) is 9.47 Å². The van der Waals surface area contributed by atoms with Gasteiger partial charge in [0.05, 0.1) is 26.3 Å². The smallest absolute Gasteiger partial charge is 0.409 e. The summed E-state index contributed by atoms with van der Waals surface area (Å²) in [6.45, 7) is -0.0471. The third-order valence-electron chi connectivity index (χ3n) is 1.28. The van der Waals surface area contributed by atoms with Crippen LogP contribution >= 0.6 is 0 Å². The van der Waals surface area contributed by atoms with Gasteiger partial charge in [0, 0.05) is 13.6 Å². The van der Waals surface area contributed by atoms with Crippen molar-refractivity contribution in [3.8, 4) is 0 Å². The van der Waals surface area contributed by atoms with Gasteiger partial charge in [0.2, 0.25) is 0 Å². The Bertz CT molecular complexity index is 182. The number of carboxylic acids is 1. The molecule has 0 bridgehead atoms. The number of carbonyl (C=O) groups is 2. The molecule has 0 aliphatic rings. The van der Waals surface area contributed by atoms with E-state index in [9.17, 15) is 14.7 Å². The zero-order valence-electron chi connectivity index (χ0n) is 7.61. The number of hydrogen-bond acceptors (Lipinski definition) is 5. The Morgan fingerprint density at radius 3 is 2.54 bits per heavy atom. The molecule has 0 radical (unpaired) electrons. The highest BCUT2D eigenvalue weighted by molar-refractivity contribution is 5.67. The number of aliphatic carboxylic acids is 1. The Morgan fingerprint density at radius 1 is 1.46 bits per heavy atom. The van der Waals surface area contributed by atoms with Crippen molar-refractivity contribution in [2.45, 2.75) is 0 Å². The van der Waals surface area contributed by atoms with Crippen LogP contribution in [0.5, 0.6) is 0 Å². The molecule has 0 spiro atoms. The zero-order valence-corrected chi connectivity index (χ0v) is 7.61. The van der Waals surface area contributed by atoms with Crippen LogP contribution in [0.25, 0.3) is 0 Å². The average Bonchev–Trinajstić information content (AvgIpc) is 2.10. The number of ether oxygens (including phenoxy) is 2. The summed E-state index contributed by atoms with van der Waals surface area (Å²) in [4.78, 5) is 21.9. The molecule has 0 fully saturated rings. The van der Waals surface area contributed by atoms with E-state index >= 15 is 0 Å². The lowest BCUT2D eigenvalue weighted by Crippen LogP contribution is -2.32. The van der Waals surface area contributed by atoms with Crippen LogP contribution in [0.3, 0.4) is 0 Å². The molecule has 0 aliphatic heterocycles. The van der Waals surface area contributed by atoms with Crippen molar-refractivity contribution in [2.24, 2.45) is 0 Å². The predicted molar refractivity (Wildman–Crippen MR) is 40.9 cm³/mol. The molecule has 0 rings (SSSR count). The molecule has 0 aliphatic carbocycles. The number of amides is 1. The van der Waals surface area contributed by atoms with Gasteiger partial charge in [-0.1, -0.05) is 0 Å². The number of rotatable bonds is 5. The van der Waals surface area contributed by atoms with Gasteiger partial charge in [-0.15, -0.1) is 0 Å². The molecule has 0 N–H and O–H groups in total. The van der Waals surface area contributed by atoms with Gasteiger partial charge in [-0.3, -0.25) is 0 Å². The summed E-state index contributed by atoms with van der Waals surface area (Å²) in [6.07, 6.45) is -0.489. The number of nitrogens with zero attached hydrogens (tertiary/aromatic N) is 1. The summed E-state index contributed by atoms with van der Waals surface area (Å²) in [5, 5.41) is 9.89. The number of carbonyl (C=O) groups excluding carboxylic acids is 2. The van der Waals surface area contributed by atoms with Crippen molar-refractivity contribution in [1.29, 1.82) is 0 Å². The molecule has 0 unspecified atom stereocenters. The summed E-state index contributed by atoms with van der Waals surface area (Å²) in [6, 6.07) is 0. The van der Waals surface area contributed by atoms with Crippen molar-refractivity contribution in [2.75, 3.05) is 33.9 Å². The van der Waals surface area contributed by atoms with E-state index in [0.717, 1.165) is 0 Å². The van der Waals surface area contributed by atoms with Crippen LogP contribution in [-0.4, -0.2) is 50.9 Å². The molecule has 6 nitrogen and oxygen atoms in total. The van der Waals surface area contributed by atoms with Crippen molar-refractivity contribution >= 4 is 12.1 Å². The Balaban J connectivity index is 3.42. The first-order valence-electron chi connectivity index (χ1n) is 3.64. The SMILES string of the molecule is COC(=O)N(C)CCOCC(=O)[O-]. The third kappa shape index (κ3) is 5.92. The van der Waals surface area contributed by atoms with Crippen LogP contribution in [0.4, 0.5) is 4.79 Å². The number of hydrogen-bond donors (Lipinski definition) is 0. The average molecular weight is 190 g/mol. The van der Waals surface area contributed by atoms with Crippen LogP contribution in [0.15, 0.2) is 0 Å². The minimum absolute atomic E-state index is 0.138. The Labute approximate surface area is 76.0 Å². The van der Waals surface area contributed by atoms with Crippen molar-refractivity contribution in [3.63, 3.8) is 0 Å². The van der Waals surface area contributed by atoms with E-state index in [0.29, 0.717) is 0 Å². The quantitative estimate of drug-likeness (QED) is 0.490. The van der Waals surface area contributed by atoms with Gasteiger partial charge in [-0.2, -0.15) is 0 Å². The largest absolute Gasteiger partial charge is 0.548 e. The topological polar surface area (TPSA) is 78.9 Å². The first kappa shape index (κ1) is 11.7. The van der Waals surface area contributed by atoms with Gasteiger partial charge < -0.3 is 24.3 Å². The van der Waals surface area contributed by atoms with Gasteiger partial charge >= 0.3 is 6.09 Å². The number of methoxy groups -OCH3 is 1. The third-order valence-corrected chi connectivity index (χ3v) is 1.28. The van der Waals surface area contributed by atoms with Crippen molar-refractivity contribution in [1.82, 2.24) is 4.90 Å². The second-order valence-corrected chi connectivity index (χ2v) is 2.32. The second kappa shape index (κ2) is 6.24. The summed E-state index contributed by atoms with van der Waals surface area (Å²) in [5.74, 6) is -1.28. The summed E-state index contributed by atoms with van der Waals surface area (Å²) >= 11 is 0. The van der Waals surface area contributed by atoms with Crippen molar-refractivity contribution < 1.29 is 24.2 Å². The van der Waals surface area contributed by atoms with E-state index in [-0.39, 0.29) is 13.2 Å². The minimum Gasteiger partial charge on any atom is -0.548 e. The molecule has 0 heterocycles. The fourth-order valence-corrected chi connectivity index (χ4v) is 0.604. The second-order valence-electron chi connectivity index (χ2n) is 2.32. The first-order valence-corrected chi connectivity index (χ1v) is 3.64. The molecule has 6 heteroatoms. The lowest BCUT2D eigenvalue weighted by atomic mass is 10.6. The van der Waals surface area contributed by atoms with Gasteiger partial charge in [-0.25, -0.2) is 4.79 Å². The molecular weight excluding hydrogens is 178 g/mol. The standard InChI is InChI=1S/C7H13NO5/c1-8(7(11)12-2)3-4-13-5-6(9)10/h3-5H2,1-2H3,(H,9,10)/p-1. The maximum absolute atomic E-state index is 10.8. The molecule has 1 amide bonds. The van der Waals surface area contributed by atoms with Crippen LogP contribution in [0, 0.1) is 0 Å². The van der Waals surface area contributed by atoms with Gasteiger partial charge in [0.25, 0.3) is 0 Å². The Kier molecular flexibility index (Phi) is 5.62. The van der Waals surface area contributed by atoms with Crippen LogP contribution in [-0.2, 0) is 14.3 Å². The highest BCUT2D eigenvalue weighted by Gasteiger charge is 2.06. The van der Waals surface area contributed by atoms with Gasteiger partial charge in [0.1, 0.15) is 0 Å². The molecule has 0 saturated carbocycles. The Hall–Kier alpha value is -1.30. The molecule has 0 aromatic heterocycles. The summed E-state index contributed by atoms with van der Waals surface area (Å²) < 4.78 is 9.04. The maximum Gasteiger partial charge on any atom is 0.409 e. The first-order chi connectivity index (χ1) is 6.07. The van der Waals surface area contributed by atoms with Crippen LogP contribution in [0.1, 0.15) is 0 Å². The molecule has 76 valence electrons. The Morgan fingerprint density at radius 2 is 2.08 bits per heavy atom. The fourth-order valence-electron chi connectivity index (χ4n) is 0.604. The number of carboxylic acid groups (broad SMARTS) is 1. The summed E-state index contributed by atoms with van der Waals surface area (Å²) in [7, 11) is 2.79. The molecule has 0 aromatic rings. The highest BCUT2D eigenvalue weighted by Crippen LogP contribution is 1.87. The van der Waals surface area contributed by atoms with E-state index in [4.69, 9.17) is 0 Å². The highest BCUT2D eigenvalue weighted by atomic mass is 16.5. The monoisotopic (exact) mass is 190 g/mol. The zero-order chi connectivity index (χ0) is 10.3. The lowest BCUT2D eigenvalue weighted by Gasteiger charge is -2.15. The molecule has 13 heavy (non-hydrogen) atoms. The van der Waals surface area contributed by atoms with E-state index < -0.39 is 18.7 Å². The maximum atomic E-state index is 10.8. The van der Waals surface area contributed by atoms with E-state index in [1.54, 1.807) is 0 Å².